The number of fused-ring (bicyclic) bond motifs is 1. The van der Waals surface area contributed by atoms with Crippen molar-refractivity contribution in [2.45, 2.75) is 51.6 Å². The van der Waals surface area contributed by atoms with Crippen LogP contribution in [0.4, 0.5) is 10.7 Å². The van der Waals surface area contributed by atoms with E-state index in [4.69, 9.17) is 4.74 Å². The number of likely N-dealkylation sites (N-methyl/N-ethyl adjacent to an activating group) is 1. The first-order valence-electron chi connectivity index (χ1n) is 11.5. The lowest BCUT2D eigenvalue weighted by molar-refractivity contribution is -0.120. The maximum atomic E-state index is 13.0. The molecule has 1 atom stereocenters. The minimum absolute atomic E-state index is 0.0645. The minimum atomic E-state index is -0.303. The number of carbonyl (C=O) groups excluding carboxylic acids is 1. The van der Waals surface area contributed by atoms with Gasteiger partial charge in [0.05, 0.1) is 24.8 Å². The van der Waals surface area contributed by atoms with Crippen LogP contribution in [0, 0.1) is 11.3 Å². The summed E-state index contributed by atoms with van der Waals surface area (Å²) in [5.74, 6) is -0.0645. The number of morpholine rings is 1. The van der Waals surface area contributed by atoms with Crippen LogP contribution in [0.3, 0.4) is 0 Å². The highest BCUT2D eigenvalue weighted by Gasteiger charge is 2.24. The van der Waals surface area contributed by atoms with Gasteiger partial charge in [0.1, 0.15) is 11.1 Å². The number of amides is 1. The molecular weight excluding hydrogens is 420 g/mol. The van der Waals surface area contributed by atoms with E-state index in [-0.39, 0.29) is 11.9 Å². The van der Waals surface area contributed by atoms with Gasteiger partial charge in [-0.05, 0) is 62.9 Å². The van der Waals surface area contributed by atoms with Crippen LogP contribution in [0.5, 0.6) is 0 Å². The molecule has 2 heterocycles. The minimum Gasteiger partial charge on any atom is -0.378 e. The topological polar surface area (TPSA) is 68.6 Å². The van der Waals surface area contributed by atoms with E-state index in [2.05, 4.69) is 40.6 Å². The van der Waals surface area contributed by atoms with Crippen LogP contribution in [0.2, 0.25) is 0 Å². The lowest BCUT2D eigenvalue weighted by Gasteiger charge is -2.29. The van der Waals surface area contributed by atoms with E-state index in [9.17, 15) is 10.1 Å². The molecule has 7 heteroatoms. The number of aryl methyl sites for hydroxylation is 1. The largest absolute Gasteiger partial charge is 0.378 e. The van der Waals surface area contributed by atoms with Crippen molar-refractivity contribution in [3.8, 4) is 6.07 Å². The van der Waals surface area contributed by atoms with Crippen molar-refractivity contribution in [2.24, 2.45) is 0 Å². The molecule has 170 valence electrons. The number of anilines is 2. The van der Waals surface area contributed by atoms with Crippen LogP contribution in [0.25, 0.3) is 0 Å². The van der Waals surface area contributed by atoms with E-state index in [0.717, 1.165) is 62.6 Å². The number of hydrogen-bond donors (Lipinski definition) is 1. The first-order valence-corrected chi connectivity index (χ1v) is 12.4. The Hall–Kier alpha value is -2.40. The Labute approximate surface area is 194 Å². The zero-order chi connectivity index (χ0) is 22.5. The van der Waals surface area contributed by atoms with Gasteiger partial charge in [-0.15, -0.1) is 11.3 Å². The molecule has 4 rings (SSSR count). The van der Waals surface area contributed by atoms with Crippen molar-refractivity contribution >= 4 is 27.9 Å². The van der Waals surface area contributed by atoms with E-state index in [1.165, 1.54) is 22.5 Å². The normalized spacial score (nSPS) is 17.4. The van der Waals surface area contributed by atoms with Gasteiger partial charge in [0.2, 0.25) is 5.91 Å². The number of hydrogen-bond acceptors (Lipinski definition) is 6. The molecule has 0 bridgehead atoms. The molecule has 2 aliphatic rings. The Balaban J connectivity index is 1.37. The van der Waals surface area contributed by atoms with E-state index >= 15 is 0 Å². The number of ether oxygens (including phenoxy) is 1. The Morgan fingerprint density at radius 2 is 1.94 bits per heavy atom. The van der Waals surface area contributed by atoms with Gasteiger partial charge in [-0.2, -0.15) is 5.26 Å². The molecule has 0 radical (unpaired) electrons. The van der Waals surface area contributed by atoms with Crippen molar-refractivity contribution in [3.63, 3.8) is 0 Å². The molecule has 0 spiro atoms. The zero-order valence-corrected chi connectivity index (χ0v) is 19.8. The third kappa shape index (κ3) is 5.15. The van der Waals surface area contributed by atoms with E-state index in [1.54, 1.807) is 11.3 Å². The number of nitrogens with one attached hydrogen (secondary N) is 1. The molecule has 1 saturated heterocycles. The molecule has 1 aromatic heterocycles. The number of nitriles is 1. The highest BCUT2D eigenvalue weighted by Crippen LogP contribution is 2.37. The van der Waals surface area contributed by atoms with E-state index in [0.29, 0.717) is 12.1 Å². The fourth-order valence-electron chi connectivity index (χ4n) is 4.42. The molecule has 1 fully saturated rings. The molecule has 6 nitrogen and oxygen atoms in total. The number of thiophene rings is 1. The van der Waals surface area contributed by atoms with Crippen molar-refractivity contribution < 1.29 is 9.53 Å². The smallest absolute Gasteiger partial charge is 0.242 e. The summed E-state index contributed by atoms with van der Waals surface area (Å²) >= 11 is 1.59. The first-order chi connectivity index (χ1) is 15.6. The predicted molar refractivity (Wildman–Crippen MR) is 129 cm³/mol. The second kappa shape index (κ2) is 10.5. The van der Waals surface area contributed by atoms with Gasteiger partial charge in [0.25, 0.3) is 0 Å². The standard InChI is InChI=1S/C25H32N4O2S/c1-18(24(30)27-25-22(16-26)21-6-4-3-5-7-23(21)32-25)28(2)17-19-8-10-20(11-9-19)29-12-14-31-15-13-29/h8-11,18H,3-7,12-15,17H2,1-2H3,(H,27,30)/t18-/m1/s1. The number of rotatable bonds is 6. The molecule has 2 aromatic rings. The quantitative estimate of drug-likeness (QED) is 0.666. The van der Waals surface area contributed by atoms with Crippen LogP contribution < -0.4 is 10.2 Å². The molecule has 1 aromatic carbocycles. The number of carbonyl (C=O) groups is 1. The zero-order valence-electron chi connectivity index (χ0n) is 19.0. The summed E-state index contributed by atoms with van der Waals surface area (Å²) in [6.45, 7) is 6.00. The van der Waals surface area contributed by atoms with Crippen LogP contribution in [0.15, 0.2) is 24.3 Å². The van der Waals surface area contributed by atoms with E-state index in [1.807, 2.05) is 18.9 Å². The lowest BCUT2D eigenvalue weighted by atomic mass is 10.1. The molecular formula is C25H32N4O2S. The second-order valence-electron chi connectivity index (χ2n) is 8.73. The predicted octanol–water partition coefficient (Wildman–Crippen LogP) is 4.18. The third-order valence-corrected chi connectivity index (χ3v) is 7.76. The second-order valence-corrected chi connectivity index (χ2v) is 9.83. The van der Waals surface area contributed by atoms with Gasteiger partial charge in [0, 0.05) is 30.2 Å². The van der Waals surface area contributed by atoms with Crippen molar-refractivity contribution in [2.75, 3.05) is 43.6 Å². The van der Waals surface area contributed by atoms with Gasteiger partial charge in [0.15, 0.2) is 0 Å². The summed E-state index contributed by atoms with van der Waals surface area (Å²) in [7, 11) is 1.97. The van der Waals surface area contributed by atoms with Gasteiger partial charge in [-0.25, -0.2) is 0 Å². The van der Waals surface area contributed by atoms with Gasteiger partial charge in [-0.1, -0.05) is 18.6 Å². The van der Waals surface area contributed by atoms with Crippen LogP contribution >= 0.6 is 11.3 Å². The van der Waals surface area contributed by atoms with Crippen LogP contribution in [-0.4, -0.2) is 50.2 Å². The summed E-state index contributed by atoms with van der Waals surface area (Å²) < 4.78 is 5.43. The highest BCUT2D eigenvalue weighted by molar-refractivity contribution is 7.16. The average molecular weight is 453 g/mol. The van der Waals surface area contributed by atoms with Gasteiger partial charge < -0.3 is 15.0 Å². The first kappa shape index (κ1) is 22.8. The van der Waals surface area contributed by atoms with Crippen molar-refractivity contribution in [1.82, 2.24) is 4.90 Å². The number of benzene rings is 1. The Morgan fingerprint density at radius 1 is 1.22 bits per heavy atom. The fourth-order valence-corrected chi connectivity index (χ4v) is 5.67. The molecule has 1 amide bonds. The van der Waals surface area contributed by atoms with Gasteiger partial charge >= 0.3 is 0 Å². The summed E-state index contributed by atoms with van der Waals surface area (Å²) in [6, 6.07) is 10.6. The molecule has 1 aliphatic heterocycles. The molecule has 1 aliphatic carbocycles. The molecule has 0 unspecified atom stereocenters. The van der Waals surface area contributed by atoms with Crippen molar-refractivity contribution in [3.05, 3.63) is 45.8 Å². The lowest BCUT2D eigenvalue weighted by Crippen LogP contribution is -2.39. The number of nitrogens with zero attached hydrogens (tertiary/aromatic N) is 3. The van der Waals surface area contributed by atoms with Crippen LogP contribution in [0.1, 0.15) is 47.8 Å². The maximum Gasteiger partial charge on any atom is 0.242 e. The molecule has 1 N–H and O–H groups in total. The highest BCUT2D eigenvalue weighted by atomic mass is 32.1. The molecule has 32 heavy (non-hydrogen) atoms. The fraction of sp³-hybridized carbons (Fsp3) is 0.520. The summed E-state index contributed by atoms with van der Waals surface area (Å²) in [5.41, 5.74) is 4.22. The Bertz CT molecular complexity index is 973. The van der Waals surface area contributed by atoms with E-state index < -0.39 is 0 Å². The van der Waals surface area contributed by atoms with Crippen LogP contribution in [-0.2, 0) is 28.9 Å². The summed E-state index contributed by atoms with van der Waals surface area (Å²) in [4.78, 5) is 18.6. The summed E-state index contributed by atoms with van der Waals surface area (Å²) in [5, 5.41) is 13.5. The van der Waals surface area contributed by atoms with Gasteiger partial charge in [-0.3, -0.25) is 9.69 Å². The SMILES string of the molecule is C[C@H](C(=O)Nc1sc2c(c1C#N)CCCCC2)N(C)Cc1ccc(N2CCOCC2)cc1. The average Bonchev–Trinajstić information content (AvgIpc) is 2.98. The Kier molecular flexibility index (Phi) is 7.46. The monoisotopic (exact) mass is 452 g/mol. The Morgan fingerprint density at radius 3 is 2.66 bits per heavy atom. The maximum absolute atomic E-state index is 13.0. The third-order valence-electron chi connectivity index (χ3n) is 6.55. The summed E-state index contributed by atoms with van der Waals surface area (Å²) in [6.07, 6.45) is 5.45. The molecule has 0 saturated carbocycles. The van der Waals surface area contributed by atoms with Crippen molar-refractivity contribution in [1.29, 1.82) is 5.26 Å².